The van der Waals surface area contributed by atoms with E-state index in [0.29, 0.717) is 5.41 Å². The van der Waals surface area contributed by atoms with Gasteiger partial charge in [-0.2, -0.15) is 0 Å². The van der Waals surface area contributed by atoms with Crippen LogP contribution in [-0.4, -0.2) is 0 Å². The van der Waals surface area contributed by atoms with Crippen molar-refractivity contribution in [2.24, 2.45) is 5.41 Å². The van der Waals surface area contributed by atoms with Crippen LogP contribution in [0, 0.1) is 26.2 Å². The average molecular weight is 268 g/mol. The van der Waals surface area contributed by atoms with E-state index in [4.69, 9.17) is 0 Å². The molecule has 2 rings (SSSR count). The van der Waals surface area contributed by atoms with Gasteiger partial charge >= 0.3 is 0 Å². The second-order valence-electron chi connectivity index (χ2n) is 7.10. The molecule has 0 amide bonds. The van der Waals surface area contributed by atoms with E-state index in [2.05, 4.69) is 90.9 Å². The van der Waals surface area contributed by atoms with Crippen LogP contribution in [0.5, 0.6) is 0 Å². The van der Waals surface area contributed by atoms with Crippen LogP contribution in [0.25, 0.3) is 11.1 Å². The summed E-state index contributed by atoms with van der Waals surface area (Å²) >= 11 is 0. The number of hydrogen-bond donors (Lipinski definition) is 0. The second-order valence-corrected chi connectivity index (χ2v) is 7.10. The van der Waals surface area contributed by atoms with Gasteiger partial charge in [0.1, 0.15) is 0 Å². The number of hydrogen-bond acceptors (Lipinski definition) is 0. The molecule has 0 spiro atoms. The van der Waals surface area contributed by atoms with Crippen molar-refractivity contribution in [2.75, 3.05) is 0 Å². The Labute approximate surface area is 124 Å². The van der Waals surface area contributed by atoms with Crippen molar-refractivity contribution in [1.82, 2.24) is 0 Å². The van der Waals surface area contributed by atoms with Gasteiger partial charge in [0.25, 0.3) is 0 Å². The second kappa shape index (κ2) is 6.74. The van der Waals surface area contributed by atoms with Crippen molar-refractivity contribution in [2.45, 2.75) is 48.5 Å². The molecule has 0 bridgehead atoms. The predicted molar refractivity (Wildman–Crippen MR) is 91.2 cm³/mol. The molecule has 0 aliphatic heterocycles. The summed E-state index contributed by atoms with van der Waals surface area (Å²) < 4.78 is 0. The minimum absolute atomic E-state index is 0.500. The summed E-state index contributed by atoms with van der Waals surface area (Å²) in [4.78, 5) is 0. The van der Waals surface area contributed by atoms with E-state index in [1.807, 2.05) is 0 Å². The zero-order chi connectivity index (χ0) is 15.3. The van der Waals surface area contributed by atoms with Crippen LogP contribution in [-0.2, 0) is 0 Å². The quantitative estimate of drug-likeness (QED) is 0.566. The molecule has 0 aromatic heterocycles. The SMILES string of the molecule is CC(C)(C)C.Cc1cc(-c2ccccc2)cc(C)c1C. The maximum atomic E-state index is 2.26. The van der Waals surface area contributed by atoms with E-state index < -0.39 is 0 Å². The minimum atomic E-state index is 0.500. The molecule has 108 valence electrons. The number of benzene rings is 2. The summed E-state index contributed by atoms with van der Waals surface area (Å²) in [7, 11) is 0. The summed E-state index contributed by atoms with van der Waals surface area (Å²) in [5.41, 5.74) is 7.25. The van der Waals surface area contributed by atoms with Gasteiger partial charge in [0, 0.05) is 0 Å². The van der Waals surface area contributed by atoms with E-state index >= 15 is 0 Å². The Kier molecular flexibility index (Phi) is 5.56. The first-order valence-corrected chi connectivity index (χ1v) is 7.32. The summed E-state index contributed by atoms with van der Waals surface area (Å²) in [6.07, 6.45) is 0. The molecule has 2 aromatic carbocycles. The van der Waals surface area contributed by atoms with Crippen molar-refractivity contribution in [3.8, 4) is 11.1 Å². The monoisotopic (exact) mass is 268 g/mol. The molecule has 0 fully saturated rings. The molecular formula is C20H28. The molecule has 0 atom stereocenters. The Hall–Kier alpha value is -1.56. The van der Waals surface area contributed by atoms with Gasteiger partial charge in [0.2, 0.25) is 0 Å². The molecule has 0 radical (unpaired) electrons. The standard InChI is InChI=1S/C15H16.C5H12/c1-11-9-15(10-12(2)13(11)3)14-7-5-4-6-8-14;1-5(2,3)4/h4-10H,1-3H3;1-4H3. The number of rotatable bonds is 1. The van der Waals surface area contributed by atoms with Gasteiger partial charge in [0.05, 0.1) is 0 Å². The molecule has 0 heteroatoms. The third-order valence-corrected chi connectivity index (χ3v) is 3.03. The Bertz CT molecular complexity index is 513. The molecule has 0 unspecified atom stereocenters. The molecule has 0 nitrogen and oxygen atoms in total. The summed E-state index contributed by atoms with van der Waals surface area (Å²) in [5.74, 6) is 0. The van der Waals surface area contributed by atoms with Gasteiger partial charge in [-0.25, -0.2) is 0 Å². The normalized spacial score (nSPS) is 10.8. The Morgan fingerprint density at radius 2 is 1.05 bits per heavy atom. The molecule has 20 heavy (non-hydrogen) atoms. The average Bonchev–Trinajstić information content (AvgIpc) is 2.34. The summed E-state index contributed by atoms with van der Waals surface area (Å²) in [5, 5.41) is 0. The highest BCUT2D eigenvalue weighted by atomic mass is 14.1. The van der Waals surface area contributed by atoms with E-state index in [1.165, 1.54) is 27.8 Å². The third-order valence-electron chi connectivity index (χ3n) is 3.03. The molecule has 2 aromatic rings. The predicted octanol–water partition coefficient (Wildman–Crippen LogP) is 6.33. The van der Waals surface area contributed by atoms with Crippen LogP contribution >= 0.6 is 0 Å². The largest absolute Gasteiger partial charge is 0.0622 e. The van der Waals surface area contributed by atoms with E-state index in [0.717, 1.165) is 0 Å². The van der Waals surface area contributed by atoms with E-state index in [1.54, 1.807) is 0 Å². The van der Waals surface area contributed by atoms with Crippen molar-refractivity contribution in [3.05, 3.63) is 59.2 Å². The maximum Gasteiger partial charge on any atom is -0.0179 e. The van der Waals surface area contributed by atoms with Crippen LogP contribution in [0.4, 0.5) is 0 Å². The lowest BCUT2D eigenvalue weighted by Crippen LogP contribution is -1.93. The Balaban J connectivity index is 0.000000347. The fourth-order valence-electron chi connectivity index (χ4n) is 1.83. The molecule has 0 saturated heterocycles. The molecule has 0 N–H and O–H groups in total. The van der Waals surface area contributed by atoms with E-state index in [9.17, 15) is 0 Å². The van der Waals surface area contributed by atoms with Crippen molar-refractivity contribution < 1.29 is 0 Å². The van der Waals surface area contributed by atoms with Crippen LogP contribution < -0.4 is 0 Å². The highest BCUT2D eigenvalue weighted by Crippen LogP contribution is 2.24. The lowest BCUT2D eigenvalue weighted by atomic mass is 9.97. The van der Waals surface area contributed by atoms with Gasteiger partial charge in [-0.15, -0.1) is 0 Å². The van der Waals surface area contributed by atoms with Gasteiger partial charge < -0.3 is 0 Å². The number of aryl methyl sites for hydroxylation is 2. The minimum Gasteiger partial charge on any atom is -0.0622 e. The van der Waals surface area contributed by atoms with Gasteiger partial charge in [-0.05, 0) is 54.0 Å². The lowest BCUT2D eigenvalue weighted by molar-refractivity contribution is 0.469. The van der Waals surface area contributed by atoms with Crippen molar-refractivity contribution >= 4 is 0 Å². The first kappa shape index (κ1) is 16.5. The smallest absolute Gasteiger partial charge is 0.0179 e. The molecule has 0 aliphatic rings. The van der Waals surface area contributed by atoms with Gasteiger partial charge in [-0.3, -0.25) is 0 Å². The molecular weight excluding hydrogens is 240 g/mol. The van der Waals surface area contributed by atoms with Crippen molar-refractivity contribution in [3.63, 3.8) is 0 Å². The highest BCUT2D eigenvalue weighted by molar-refractivity contribution is 5.66. The topological polar surface area (TPSA) is 0 Å². The van der Waals surface area contributed by atoms with Gasteiger partial charge in [-0.1, -0.05) is 70.2 Å². The highest BCUT2D eigenvalue weighted by Gasteiger charge is 2.02. The van der Waals surface area contributed by atoms with Gasteiger partial charge in [0.15, 0.2) is 0 Å². The summed E-state index contributed by atoms with van der Waals surface area (Å²) in [6, 6.07) is 15.1. The lowest BCUT2D eigenvalue weighted by Gasteiger charge is -2.09. The van der Waals surface area contributed by atoms with Crippen LogP contribution in [0.2, 0.25) is 0 Å². The maximum absolute atomic E-state index is 2.26. The fraction of sp³-hybridized carbons (Fsp3) is 0.400. The van der Waals surface area contributed by atoms with E-state index in [-0.39, 0.29) is 0 Å². The van der Waals surface area contributed by atoms with Crippen LogP contribution in [0.3, 0.4) is 0 Å². The zero-order valence-electron chi connectivity index (χ0n) is 14.0. The van der Waals surface area contributed by atoms with Crippen LogP contribution in [0.1, 0.15) is 44.4 Å². The Morgan fingerprint density at radius 3 is 1.45 bits per heavy atom. The molecule has 0 aliphatic carbocycles. The zero-order valence-corrected chi connectivity index (χ0v) is 14.0. The fourth-order valence-corrected chi connectivity index (χ4v) is 1.83. The molecule has 0 saturated carbocycles. The first-order valence-electron chi connectivity index (χ1n) is 7.32. The third kappa shape index (κ3) is 5.61. The molecule has 0 heterocycles. The Morgan fingerprint density at radius 1 is 0.650 bits per heavy atom. The first-order chi connectivity index (χ1) is 9.18. The van der Waals surface area contributed by atoms with Crippen LogP contribution in [0.15, 0.2) is 42.5 Å². The van der Waals surface area contributed by atoms with Crippen molar-refractivity contribution in [1.29, 1.82) is 0 Å². The summed E-state index contributed by atoms with van der Waals surface area (Å²) in [6.45, 7) is 15.3.